The number of hydrogen-bond donors (Lipinski definition) is 0. The lowest BCUT2D eigenvalue weighted by atomic mass is 10.2. The highest BCUT2D eigenvalue weighted by molar-refractivity contribution is 9.10. The van der Waals surface area contributed by atoms with Crippen LogP contribution in [0.25, 0.3) is 6.08 Å². The van der Waals surface area contributed by atoms with E-state index in [-0.39, 0.29) is 5.91 Å². The van der Waals surface area contributed by atoms with Crippen molar-refractivity contribution in [1.29, 1.82) is 0 Å². The summed E-state index contributed by atoms with van der Waals surface area (Å²) >= 11 is 4.93. The van der Waals surface area contributed by atoms with E-state index >= 15 is 0 Å². The number of aliphatic imine (C=N–C) groups is 1. The van der Waals surface area contributed by atoms with Crippen molar-refractivity contribution in [3.8, 4) is 11.5 Å². The molecule has 33 heavy (non-hydrogen) atoms. The first kappa shape index (κ1) is 25.1. The number of para-hydroxylation sites is 1. The van der Waals surface area contributed by atoms with Crippen molar-refractivity contribution >= 4 is 50.5 Å². The molecule has 1 aliphatic rings. The standard InChI is InChI=1S/C25H27BrN2O4S/c1-4-13-32-23-20(26)15-18(16-21(23)31-5-2)17-22-24(29)28(12-9-14-30-3)25(33-22)27-19-10-7-6-8-11-19/h4,6-8,10-11,15-17H,1,5,9,12-14H2,2-3H3/b22-17-,27-25?. The number of ether oxygens (including phenoxy) is 3. The predicted octanol–water partition coefficient (Wildman–Crippen LogP) is 6.05. The second-order valence-electron chi connectivity index (χ2n) is 7.01. The molecular formula is C25H27BrN2O4S. The quantitative estimate of drug-likeness (QED) is 0.201. The monoisotopic (exact) mass is 530 g/mol. The minimum atomic E-state index is -0.0770. The number of carbonyl (C=O) groups excluding carboxylic acids is 1. The second kappa shape index (κ2) is 12.6. The Kier molecular flexibility index (Phi) is 9.60. The third-order valence-electron chi connectivity index (χ3n) is 4.57. The summed E-state index contributed by atoms with van der Waals surface area (Å²) in [5.74, 6) is 1.13. The van der Waals surface area contributed by atoms with Crippen LogP contribution < -0.4 is 9.47 Å². The molecule has 2 aromatic carbocycles. The molecule has 1 fully saturated rings. The normalized spacial score (nSPS) is 16.0. The minimum absolute atomic E-state index is 0.0770. The lowest BCUT2D eigenvalue weighted by Gasteiger charge is -2.15. The molecule has 2 aromatic rings. The lowest BCUT2D eigenvalue weighted by molar-refractivity contribution is -0.122. The van der Waals surface area contributed by atoms with Crippen LogP contribution in [0.15, 0.2) is 69.5 Å². The van der Waals surface area contributed by atoms with Gasteiger partial charge in [0.05, 0.1) is 21.7 Å². The Hall–Kier alpha value is -2.55. The Morgan fingerprint density at radius 2 is 2.00 bits per heavy atom. The van der Waals surface area contributed by atoms with Crippen LogP contribution in [0.4, 0.5) is 5.69 Å². The number of methoxy groups -OCH3 is 1. The van der Waals surface area contributed by atoms with E-state index in [2.05, 4.69) is 22.5 Å². The maximum absolute atomic E-state index is 13.2. The molecule has 8 heteroatoms. The highest BCUT2D eigenvalue weighted by atomic mass is 79.9. The Balaban J connectivity index is 1.94. The molecule has 0 spiro atoms. The number of benzene rings is 2. The highest BCUT2D eigenvalue weighted by Crippen LogP contribution is 2.39. The third kappa shape index (κ3) is 6.72. The first-order valence-corrected chi connectivity index (χ1v) is 12.2. The van der Waals surface area contributed by atoms with Gasteiger partial charge in [-0.05, 0) is 76.9 Å². The van der Waals surface area contributed by atoms with Gasteiger partial charge in [0.2, 0.25) is 0 Å². The molecular weight excluding hydrogens is 504 g/mol. The van der Waals surface area contributed by atoms with Crippen LogP contribution in [0, 0.1) is 0 Å². The first-order valence-electron chi connectivity index (χ1n) is 10.6. The van der Waals surface area contributed by atoms with E-state index in [1.54, 1.807) is 18.1 Å². The van der Waals surface area contributed by atoms with Crippen molar-refractivity contribution in [2.45, 2.75) is 13.3 Å². The van der Waals surface area contributed by atoms with Gasteiger partial charge in [-0.3, -0.25) is 9.69 Å². The zero-order chi connectivity index (χ0) is 23.6. The summed E-state index contributed by atoms with van der Waals surface area (Å²) in [6, 6.07) is 13.4. The van der Waals surface area contributed by atoms with Gasteiger partial charge in [-0.2, -0.15) is 0 Å². The van der Waals surface area contributed by atoms with Crippen molar-refractivity contribution < 1.29 is 19.0 Å². The molecule has 0 aliphatic carbocycles. The summed E-state index contributed by atoms with van der Waals surface area (Å²) in [7, 11) is 1.65. The van der Waals surface area contributed by atoms with Gasteiger partial charge in [0.1, 0.15) is 6.61 Å². The van der Waals surface area contributed by atoms with Crippen LogP contribution in [0.3, 0.4) is 0 Å². The van der Waals surface area contributed by atoms with Gasteiger partial charge in [-0.15, -0.1) is 0 Å². The molecule has 0 atom stereocenters. The van der Waals surface area contributed by atoms with Gasteiger partial charge in [-0.25, -0.2) is 4.99 Å². The number of amides is 1. The first-order chi connectivity index (χ1) is 16.1. The largest absolute Gasteiger partial charge is 0.490 e. The lowest BCUT2D eigenvalue weighted by Crippen LogP contribution is -2.30. The molecule has 1 aliphatic heterocycles. The van der Waals surface area contributed by atoms with Crippen LogP contribution in [-0.2, 0) is 9.53 Å². The van der Waals surface area contributed by atoms with Gasteiger partial charge in [0, 0.05) is 20.3 Å². The number of nitrogens with zero attached hydrogens (tertiary/aromatic N) is 2. The van der Waals surface area contributed by atoms with E-state index in [0.29, 0.717) is 47.9 Å². The average Bonchev–Trinajstić information content (AvgIpc) is 3.08. The number of thioether (sulfide) groups is 1. The fraction of sp³-hybridized carbons (Fsp3) is 0.280. The topological polar surface area (TPSA) is 60.4 Å². The minimum Gasteiger partial charge on any atom is -0.490 e. The second-order valence-corrected chi connectivity index (χ2v) is 8.87. The number of halogens is 1. The van der Waals surface area contributed by atoms with Crippen LogP contribution >= 0.6 is 27.7 Å². The van der Waals surface area contributed by atoms with Gasteiger partial charge in [0.25, 0.3) is 5.91 Å². The summed E-state index contributed by atoms with van der Waals surface area (Å²) in [4.78, 5) is 20.3. The molecule has 3 rings (SSSR count). The smallest absolute Gasteiger partial charge is 0.266 e. The molecule has 0 radical (unpaired) electrons. The Labute approximate surface area is 207 Å². The zero-order valence-electron chi connectivity index (χ0n) is 18.8. The maximum atomic E-state index is 13.2. The van der Waals surface area contributed by atoms with Gasteiger partial charge < -0.3 is 14.2 Å². The molecule has 6 nitrogen and oxygen atoms in total. The zero-order valence-corrected chi connectivity index (χ0v) is 21.2. The summed E-state index contributed by atoms with van der Waals surface area (Å²) in [5, 5.41) is 0.656. The Bertz CT molecular complexity index is 1040. The molecule has 1 amide bonds. The molecule has 0 bridgehead atoms. The molecule has 0 saturated carbocycles. The van der Waals surface area contributed by atoms with Gasteiger partial charge >= 0.3 is 0 Å². The van der Waals surface area contributed by atoms with Crippen LogP contribution in [-0.4, -0.2) is 49.4 Å². The molecule has 1 heterocycles. The average molecular weight is 531 g/mol. The molecule has 0 aromatic heterocycles. The van der Waals surface area contributed by atoms with Crippen LogP contribution in [0.5, 0.6) is 11.5 Å². The third-order valence-corrected chi connectivity index (χ3v) is 6.17. The van der Waals surface area contributed by atoms with Gasteiger partial charge in [-0.1, -0.05) is 30.9 Å². The summed E-state index contributed by atoms with van der Waals surface area (Å²) < 4.78 is 17.4. The summed E-state index contributed by atoms with van der Waals surface area (Å²) in [6.45, 7) is 7.57. The summed E-state index contributed by atoms with van der Waals surface area (Å²) in [5.41, 5.74) is 1.63. The predicted molar refractivity (Wildman–Crippen MR) is 138 cm³/mol. The van der Waals surface area contributed by atoms with Crippen molar-refractivity contribution in [3.05, 3.63) is 70.1 Å². The van der Waals surface area contributed by atoms with E-state index in [1.165, 1.54) is 11.8 Å². The fourth-order valence-electron chi connectivity index (χ4n) is 3.14. The number of rotatable bonds is 11. The van der Waals surface area contributed by atoms with Crippen LogP contribution in [0.1, 0.15) is 18.9 Å². The molecule has 174 valence electrons. The molecule has 0 N–H and O–H groups in total. The van der Waals surface area contributed by atoms with E-state index in [0.717, 1.165) is 22.1 Å². The molecule has 1 saturated heterocycles. The van der Waals surface area contributed by atoms with E-state index < -0.39 is 0 Å². The number of amidine groups is 1. The highest BCUT2D eigenvalue weighted by Gasteiger charge is 2.33. The van der Waals surface area contributed by atoms with Crippen molar-refractivity contribution in [3.63, 3.8) is 0 Å². The summed E-state index contributed by atoms with van der Waals surface area (Å²) in [6.07, 6.45) is 4.26. The van der Waals surface area contributed by atoms with Gasteiger partial charge in [0.15, 0.2) is 16.7 Å². The molecule has 0 unspecified atom stereocenters. The van der Waals surface area contributed by atoms with E-state index in [4.69, 9.17) is 19.2 Å². The SMILES string of the molecule is C=CCOc1c(Br)cc(/C=C2\SC(=Nc3ccccc3)N(CCCOC)C2=O)cc1OCC. The Morgan fingerprint density at radius 1 is 1.21 bits per heavy atom. The fourth-order valence-corrected chi connectivity index (χ4v) is 4.74. The number of carbonyl (C=O) groups is 1. The van der Waals surface area contributed by atoms with Crippen molar-refractivity contribution in [2.24, 2.45) is 4.99 Å². The number of hydrogen-bond acceptors (Lipinski definition) is 6. The van der Waals surface area contributed by atoms with Crippen molar-refractivity contribution in [2.75, 3.05) is 33.5 Å². The van der Waals surface area contributed by atoms with E-state index in [9.17, 15) is 4.79 Å². The maximum Gasteiger partial charge on any atom is 0.266 e. The Morgan fingerprint density at radius 3 is 2.70 bits per heavy atom. The van der Waals surface area contributed by atoms with Crippen LogP contribution in [0.2, 0.25) is 0 Å². The van der Waals surface area contributed by atoms with E-state index in [1.807, 2.05) is 55.5 Å². The van der Waals surface area contributed by atoms with Crippen molar-refractivity contribution in [1.82, 2.24) is 4.90 Å².